The standard InChI is InChI=1S/C16H17FN2O2/c1-10(11-5-3-6-12(17)9-11)19-14-8-4-7-13(15(14)18)16(20)21-2/h3-10,19H,18H2,1-2H3. The van der Waals surface area contributed by atoms with Gasteiger partial charge in [-0.25, -0.2) is 9.18 Å². The van der Waals surface area contributed by atoms with E-state index in [1.54, 1.807) is 24.3 Å². The zero-order valence-corrected chi connectivity index (χ0v) is 11.9. The molecule has 0 radical (unpaired) electrons. The lowest BCUT2D eigenvalue weighted by molar-refractivity contribution is 0.0602. The molecule has 0 heterocycles. The number of nitrogens with two attached hydrogens (primary N) is 1. The van der Waals surface area contributed by atoms with Crippen molar-refractivity contribution in [3.63, 3.8) is 0 Å². The summed E-state index contributed by atoms with van der Waals surface area (Å²) in [6.07, 6.45) is 0. The van der Waals surface area contributed by atoms with Crippen molar-refractivity contribution >= 4 is 17.3 Å². The number of halogens is 1. The van der Waals surface area contributed by atoms with E-state index in [-0.39, 0.29) is 11.9 Å². The minimum absolute atomic E-state index is 0.157. The van der Waals surface area contributed by atoms with Crippen molar-refractivity contribution in [2.75, 3.05) is 18.2 Å². The predicted octanol–water partition coefficient (Wildman–Crippen LogP) is 3.37. The van der Waals surface area contributed by atoms with Crippen LogP contribution in [0, 0.1) is 5.82 Å². The number of hydrogen-bond donors (Lipinski definition) is 2. The first-order valence-electron chi connectivity index (χ1n) is 6.51. The van der Waals surface area contributed by atoms with Gasteiger partial charge in [0.25, 0.3) is 0 Å². The van der Waals surface area contributed by atoms with Gasteiger partial charge in [0, 0.05) is 6.04 Å². The Labute approximate surface area is 122 Å². The summed E-state index contributed by atoms with van der Waals surface area (Å²) < 4.78 is 17.9. The van der Waals surface area contributed by atoms with Crippen molar-refractivity contribution in [3.8, 4) is 0 Å². The summed E-state index contributed by atoms with van der Waals surface area (Å²) in [6.45, 7) is 1.89. The van der Waals surface area contributed by atoms with Crippen LogP contribution >= 0.6 is 0 Å². The highest BCUT2D eigenvalue weighted by atomic mass is 19.1. The van der Waals surface area contributed by atoms with Crippen molar-refractivity contribution < 1.29 is 13.9 Å². The van der Waals surface area contributed by atoms with E-state index in [1.807, 2.05) is 13.0 Å². The van der Waals surface area contributed by atoms with Crippen molar-refractivity contribution in [1.29, 1.82) is 0 Å². The summed E-state index contributed by atoms with van der Waals surface area (Å²) in [5.74, 6) is -0.785. The first kappa shape index (κ1) is 14.8. The third kappa shape index (κ3) is 3.31. The molecule has 4 nitrogen and oxygen atoms in total. The Hall–Kier alpha value is -2.56. The lowest BCUT2D eigenvalue weighted by Gasteiger charge is -2.18. The van der Waals surface area contributed by atoms with Gasteiger partial charge >= 0.3 is 5.97 Å². The van der Waals surface area contributed by atoms with Gasteiger partial charge in [-0.2, -0.15) is 0 Å². The average Bonchev–Trinajstić information content (AvgIpc) is 2.48. The van der Waals surface area contributed by atoms with E-state index in [9.17, 15) is 9.18 Å². The quantitative estimate of drug-likeness (QED) is 0.669. The fourth-order valence-corrected chi connectivity index (χ4v) is 2.07. The number of methoxy groups -OCH3 is 1. The highest BCUT2D eigenvalue weighted by Crippen LogP contribution is 2.27. The Bertz CT molecular complexity index is 658. The smallest absolute Gasteiger partial charge is 0.340 e. The molecule has 0 saturated heterocycles. The maximum Gasteiger partial charge on any atom is 0.340 e. The van der Waals surface area contributed by atoms with Gasteiger partial charge in [0.15, 0.2) is 0 Å². The third-order valence-corrected chi connectivity index (χ3v) is 3.23. The Morgan fingerprint density at radius 3 is 2.67 bits per heavy atom. The molecule has 0 bridgehead atoms. The Morgan fingerprint density at radius 1 is 1.29 bits per heavy atom. The van der Waals surface area contributed by atoms with Crippen LogP contribution < -0.4 is 11.1 Å². The molecular weight excluding hydrogens is 271 g/mol. The SMILES string of the molecule is COC(=O)c1cccc(NC(C)c2cccc(F)c2)c1N. The molecule has 21 heavy (non-hydrogen) atoms. The van der Waals surface area contributed by atoms with Gasteiger partial charge in [-0.1, -0.05) is 18.2 Å². The second-order valence-corrected chi connectivity index (χ2v) is 4.68. The number of benzene rings is 2. The summed E-state index contributed by atoms with van der Waals surface area (Å²) in [6, 6.07) is 11.2. The molecule has 0 saturated carbocycles. The summed E-state index contributed by atoms with van der Waals surface area (Å²) in [5.41, 5.74) is 7.99. The summed E-state index contributed by atoms with van der Waals surface area (Å²) in [4.78, 5) is 11.6. The number of rotatable bonds is 4. The second-order valence-electron chi connectivity index (χ2n) is 4.68. The van der Waals surface area contributed by atoms with Gasteiger partial charge in [-0.3, -0.25) is 0 Å². The topological polar surface area (TPSA) is 64.3 Å². The van der Waals surface area contributed by atoms with E-state index < -0.39 is 5.97 Å². The van der Waals surface area contributed by atoms with Gasteiger partial charge in [-0.15, -0.1) is 0 Å². The number of carbonyl (C=O) groups is 1. The number of nitrogens with one attached hydrogen (secondary N) is 1. The zero-order valence-electron chi connectivity index (χ0n) is 11.9. The molecule has 5 heteroatoms. The minimum Gasteiger partial charge on any atom is -0.465 e. The molecule has 1 atom stereocenters. The van der Waals surface area contributed by atoms with Gasteiger partial charge in [0.2, 0.25) is 0 Å². The Balaban J connectivity index is 2.25. The zero-order chi connectivity index (χ0) is 15.4. The highest BCUT2D eigenvalue weighted by molar-refractivity contribution is 5.98. The van der Waals surface area contributed by atoms with Crippen LogP contribution in [0.3, 0.4) is 0 Å². The monoisotopic (exact) mass is 288 g/mol. The molecule has 1 unspecified atom stereocenters. The van der Waals surface area contributed by atoms with Gasteiger partial charge < -0.3 is 15.8 Å². The van der Waals surface area contributed by atoms with Crippen molar-refractivity contribution in [3.05, 3.63) is 59.4 Å². The van der Waals surface area contributed by atoms with E-state index >= 15 is 0 Å². The number of hydrogen-bond acceptors (Lipinski definition) is 4. The molecular formula is C16H17FN2O2. The first-order valence-corrected chi connectivity index (χ1v) is 6.51. The Kier molecular flexibility index (Phi) is 4.42. The van der Waals surface area contributed by atoms with Crippen LogP contribution in [-0.4, -0.2) is 13.1 Å². The number of para-hydroxylation sites is 1. The van der Waals surface area contributed by atoms with Crippen LogP contribution in [0.2, 0.25) is 0 Å². The second kappa shape index (κ2) is 6.26. The molecule has 0 aromatic heterocycles. The molecule has 0 aliphatic carbocycles. The number of carbonyl (C=O) groups excluding carboxylic acids is 1. The Morgan fingerprint density at radius 2 is 2.00 bits per heavy atom. The molecule has 2 rings (SSSR count). The highest BCUT2D eigenvalue weighted by Gasteiger charge is 2.14. The largest absolute Gasteiger partial charge is 0.465 e. The van der Waals surface area contributed by atoms with Crippen molar-refractivity contribution in [2.45, 2.75) is 13.0 Å². The fourth-order valence-electron chi connectivity index (χ4n) is 2.07. The van der Waals surface area contributed by atoms with E-state index in [4.69, 9.17) is 5.73 Å². The van der Waals surface area contributed by atoms with E-state index in [2.05, 4.69) is 10.1 Å². The third-order valence-electron chi connectivity index (χ3n) is 3.23. The molecule has 3 N–H and O–H groups in total. The van der Waals surface area contributed by atoms with Crippen LogP contribution in [0.25, 0.3) is 0 Å². The molecule has 0 aliphatic rings. The van der Waals surface area contributed by atoms with E-state index in [1.165, 1.54) is 19.2 Å². The number of esters is 1. The maximum absolute atomic E-state index is 13.2. The number of nitrogen functional groups attached to an aromatic ring is 1. The van der Waals surface area contributed by atoms with Crippen LogP contribution in [0.5, 0.6) is 0 Å². The minimum atomic E-state index is -0.491. The molecule has 110 valence electrons. The van der Waals surface area contributed by atoms with Crippen LogP contribution in [0.15, 0.2) is 42.5 Å². The number of anilines is 2. The molecule has 0 fully saturated rings. The van der Waals surface area contributed by atoms with Crippen molar-refractivity contribution in [2.24, 2.45) is 0 Å². The molecule has 0 aliphatic heterocycles. The fraction of sp³-hybridized carbons (Fsp3) is 0.188. The molecule has 2 aromatic rings. The molecule has 2 aromatic carbocycles. The summed E-state index contributed by atoms with van der Waals surface area (Å²) >= 11 is 0. The lowest BCUT2D eigenvalue weighted by atomic mass is 10.1. The first-order chi connectivity index (χ1) is 10.0. The summed E-state index contributed by atoms with van der Waals surface area (Å²) in [7, 11) is 1.30. The average molecular weight is 288 g/mol. The maximum atomic E-state index is 13.2. The normalized spacial score (nSPS) is 11.8. The van der Waals surface area contributed by atoms with E-state index in [0.29, 0.717) is 16.9 Å². The lowest BCUT2D eigenvalue weighted by Crippen LogP contribution is -2.12. The van der Waals surface area contributed by atoms with Crippen LogP contribution in [0.4, 0.5) is 15.8 Å². The van der Waals surface area contributed by atoms with Gasteiger partial charge in [0.1, 0.15) is 5.82 Å². The van der Waals surface area contributed by atoms with E-state index in [0.717, 1.165) is 5.56 Å². The van der Waals surface area contributed by atoms with Gasteiger partial charge in [-0.05, 0) is 36.8 Å². The summed E-state index contributed by atoms with van der Waals surface area (Å²) in [5, 5.41) is 3.17. The van der Waals surface area contributed by atoms with Crippen molar-refractivity contribution in [1.82, 2.24) is 0 Å². The molecule has 0 spiro atoms. The predicted molar refractivity (Wildman–Crippen MR) is 80.6 cm³/mol. The number of ether oxygens (including phenoxy) is 1. The van der Waals surface area contributed by atoms with Crippen LogP contribution in [-0.2, 0) is 4.74 Å². The van der Waals surface area contributed by atoms with Crippen LogP contribution in [0.1, 0.15) is 28.9 Å². The molecule has 0 amide bonds. The van der Waals surface area contributed by atoms with Gasteiger partial charge in [0.05, 0.1) is 24.0 Å².